The molecule has 0 aromatic carbocycles. The highest BCUT2D eigenvalue weighted by molar-refractivity contribution is 4.91. The molecule has 0 amide bonds. The second kappa shape index (κ2) is 5.73. The lowest BCUT2D eigenvalue weighted by Gasteiger charge is -2.44. The summed E-state index contributed by atoms with van der Waals surface area (Å²) in [6, 6.07) is 0.847. The van der Waals surface area contributed by atoms with Crippen LogP contribution in [0, 0.1) is 17.3 Å². The lowest BCUT2D eigenvalue weighted by molar-refractivity contribution is 0.106. The highest BCUT2D eigenvalue weighted by atomic mass is 14.9. The topological polar surface area (TPSA) is 12.0 Å². The zero-order chi connectivity index (χ0) is 12.3. The Morgan fingerprint density at radius 3 is 2.12 bits per heavy atom. The first kappa shape index (κ1) is 13.4. The Bertz CT molecular complexity index is 220. The molecular weight excluding hydrogens is 206 g/mol. The molecule has 1 heteroatoms. The van der Waals surface area contributed by atoms with Crippen molar-refractivity contribution in [2.75, 3.05) is 6.54 Å². The average molecular weight is 237 g/mol. The van der Waals surface area contributed by atoms with Crippen molar-refractivity contribution in [1.29, 1.82) is 0 Å². The molecule has 0 aliphatic heterocycles. The maximum absolute atomic E-state index is 3.87. The van der Waals surface area contributed by atoms with E-state index in [9.17, 15) is 0 Å². The lowest BCUT2D eigenvalue weighted by atomic mass is 9.66. The van der Waals surface area contributed by atoms with Gasteiger partial charge in [-0.1, -0.05) is 27.2 Å². The van der Waals surface area contributed by atoms with Gasteiger partial charge in [0.25, 0.3) is 0 Å². The third-order valence-corrected chi connectivity index (χ3v) is 5.18. The van der Waals surface area contributed by atoms with Crippen molar-refractivity contribution in [3.8, 4) is 0 Å². The van der Waals surface area contributed by atoms with E-state index in [0.717, 1.165) is 17.9 Å². The fourth-order valence-corrected chi connectivity index (χ4v) is 3.61. The van der Waals surface area contributed by atoms with Crippen LogP contribution in [0.5, 0.6) is 0 Å². The molecule has 1 unspecified atom stereocenters. The first-order valence-electron chi connectivity index (χ1n) is 7.86. The van der Waals surface area contributed by atoms with E-state index in [0.29, 0.717) is 5.41 Å². The monoisotopic (exact) mass is 237 g/mol. The number of hydrogen-bond acceptors (Lipinski definition) is 1. The minimum atomic E-state index is 0.616. The second-order valence-corrected chi connectivity index (χ2v) is 7.17. The van der Waals surface area contributed by atoms with Gasteiger partial charge in [0.15, 0.2) is 0 Å². The van der Waals surface area contributed by atoms with E-state index >= 15 is 0 Å². The van der Waals surface area contributed by atoms with Gasteiger partial charge in [0.05, 0.1) is 0 Å². The summed E-state index contributed by atoms with van der Waals surface area (Å²) in [6.45, 7) is 8.40. The largest absolute Gasteiger partial charge is 0.313 e. The Balaban J connectivity index is 1.87. The number of hydrogen-bond donors (Lipinski definition) is 1. The molecule has 1 nitrogen and oxygen atoms in total. The van der Waals surface area contributed by atoms with Crippen LogP contribution in [0.2, 0.25) is 0 Å². The molecule has 2 aliphatic rings. The summed E-state index contributed by atoms with van der Waals surface area (Å²) in [7, 11) is 0. The molecule has 0 bridgehead atoms. The lowest BCUT2D eigenvalue weighted by Crippen LogP contribution is -2.46. The zero-order valence-corrected chi connectivity index (χ0v) is 12.1. The molecular formula is C16H31N. The Kier molecular flexibility index (Phi) is 4.52. The van der Waals surface area contributed by atoms with Crippen LogP contribution < -0.4 is 5.32 Å². The molecule has 2 aliphatic carbocycles. The van der Waals surface area contributed by atoms with Gasteiger partial charge in [-0.25, -0.2) is 0 Å². The molecule has 1 atom stereocenters. The molecule has 17 heavy (non-hydrogen) atoms. The van der Waals surface area contributed by atoms with Gasteiger partial charge in [0.1, 0.15) is 0 Å². The summed E-state index contributed by atoms with van der Waals surface area (Å²) < 4.78 is 0. The normalized spacial score (nSPS) is 27.7. The molecule has 2 rings (SSSR count). The van der Waals surface area contributed by atoms with E-state index in [1.54, 1.807) is 0 Å². The van der Waals surface area contributed by atoms with Crippen molar-refractivity contribution < 1.29 is 0 Å². The van der Waals surface area contributed by atoms with Crippen LogP contribution in [0.4, 0.5) is 0 Å². The molecule has 0 heterocycles. The van der Waals surface area contributed by atoms with Crippen molar-refractivity contribution in [2.45, 2.75) is 78.2 Å². The molecule has 100 valence electrons. The smallest absolute Gasteiger partial charge is 0.0124 e. The van der Waals surface area contributed by atoms with Crippen LogP contribution in [0.25, 0.3) is 0 Å². The SMILES string of the molecule is CCCNC(C1CCC1)C1CCC(C)(C)CC1. The summed E-state index contributed by atoms with van der Waals surface area (Å²) in [5.41, 5.74) is 0.616. The number of nitrogens with one attached hydrogen (secondary N) is 1. The minimum absolute atomic E-state index is 0.616. The van der Waals surface area contributed by atoms with E-state index < -0.39 is 0 Å². The van der Waals surface area contributed by atoms with Crippen molar-refractivity contribution in [3.63, 3.8) is 0 Å². The van der Waals surface area contributed by atoms with Crippen LogP contribution >= 0.6 is 0 Å². The van der Waals surface area contributed by atoms with Gasteiger partial charge in [-0.05, 0) is 68.7 Å². The summed E-state index contributed by atoms with van der Waals surface area (Å²) in [6.07, 6.45) is 11.5. The Morgan fingerprint density at radius 1 is 1.06 bits per heavy atom. The molecule has 2 fully saturated rings. The fourth-order valence-electron chi connectivity index (χ4n) is 3.61. The molecule has 0 aromatic heterocycles. The van der Waals surface area contributed by atoms with Gasteiger partial charge in [-0.2, -0.15) is 0 Å². The first-order valence-corrected chi connectivity index (χ1v) is 7.86. The van der Waals surface area contributed by atoms with Crippen LogP contribution in [-0.4, -0.2) is 12.6 Å². The summed E-state index contributed by atoms with van der Waals surface area (Å²) in [4.78, 5) is 0. The summed E-state index contributed by atoms with van der Waals surface area (Å²) >= 11 is 0. The van der Waals surface area contributed by atoms with Gasteiger partial charge >= 0.3 is 0 Å². The molecule has 0 aromatic rings. The third kappa shape index (κ3) is 3.47. The average Bonchev–Trinajstić information content (AvgIpc) is 2.22. The van der Waals surface area contributed by atoms with Crippen LogP contribution in [0.15, 0.2) is 0 Å². The van der Waals surface area contributed by atoms with Gasteiger partial charge in [0.2, 0.25) is 0 Å². The van der Waals surface area contributed by atoms with Crippen molar-refractivity contribution in [3.05, 3.63) is 0 Å². The van der Waals surface area contributed by atoms with Crippen molar-refractivity contribution >= 4 is 0 Å². The first-order chi connectivity index (χ1) is 8.12. The van der Waals surface area contributed by atoms with Gasteiger partial charge in [0, 0.05) is 6.04 Å². The highest BCUT2D eigenvalue weighted by Gasteiger charge is 2.36. The third-order valence-electron chi connectivity index (χ3n) is 5.18. The predicted molar refractivity (Wildman–Crippen MR) is 75.2 cm³/mol. The quantitative estimate of drug-likeness (QED) is 0.748. The zero-order valence-electron chi connectivity index (χ0n) is 12.1. The van der Waals surface area contributed by atoms with Crippen molar-refractivity contribution in [2.24, 2.45) is 17.3 Å². The van der Waals surface area contributed by atoms with Crippen LogP contribution in [-0.2, 0) is 0 Å². The molecule has 2 saturated carbocycles. The van der Waals surface area contributed by atoms with E-state index in [1.807, 2.05) is 0 Å². The minimum Gasteiger partial charge on any atom is -0.313 e. The van der Waals surface area contributed by atoms with E-state index in [2.05, 4.69) is 26.1 Å². The van der Waals surface area contributed by atoms with Gasteiger partial charge in [-0.3, -0.25) is 0 Å². The maximum Gasteiger partial charge on any atom is 0.0124 e. The van der Waals surface area contributed by atoms with Crippen LogP contribution in [0.1, 0.15) is 72.1 Å². The predicted octanol–water partition coefficient (Wildman–Crippen LogP) is 4.37. The maximum atomic E-state index is 3.87. The van der Waals surface area contributed by atoms with Gasteiger partial charge < -0.3 is 5.32 Å². The van der Waals surface area contributed by atoms with E-state index in [1.165, 1.54) is 57.9 Å². The highest BCUT2D eigenvalue weighted by Crippen LogP contribution is 2.43. The fraction of sp³-hybridized carbons (Fsp3) is 1.00. The molecule has 0 saturated heterocycles. The summed E-state index contributed by atoms with van der Waals surface area (Å²) in [5.74, 6) is 1.98. The van der Waals surface area contributed by atoms with Crippen molar-refractivity contribution in [1.82, 2.24) is 5.32 Å². The Morgan fingerprint density at radius 2 is 1.65 bits per heavy atom. The van der Waals surface area contributed by atoms with Gasteiger partial charge in [-0.15, -0.1) is 0 Å². The molecule has 1 N–H and O–H groups in total. The van der Waals surface area contributed by atoms with E-state index in [4.69, 9.17) is 0 Å². The standard InChI is InChI=1S/C16H31N/c1-4-12-17-15(13-6-5-7-13)14-8-10-16(2,3)11-9-14/h13-15,17H,4-12H2,1-3H3. The Hall–Kier alpha value is -0.0400. The second-order valence-electron chi connectivity index (χ2n) is 7.17. The summed E-state index contributed by atoms with van der Waals surface area (Å²) in [5, 5.41) is 3.87. The molecule has 0 spiro atoms. The molecule has 0 radical (unpaired) electrons. The van der Waals surface area contributed by atoms with Crippen LogP contribution in [0.3, 0.4) is 0 Å². The van der Waals surface area contributed by atoms with E-state index in [-0.39, 0.29) is 0 Å². The Labute approximate surface area is 108 Å². The number of rotatable bonds is 5.